The minimum atomic E-state index is -0.449. The number of nitrogens with one attached hydrogen (secondary N) is 1. The molecule has 1 saturated carbocycles. The highest BCUT2D eigenvalue weighted by molar-refractivity contribution is 5.68. The largest absolute Gasteiger partial charge is 0.444 e. The molecular weight excluding hydrogens is 180 g/mol. The van der Waals surface area contributed by atoms with E-state index in [1.54, 1.807) is 0 Å². The number of alkyl carbamates (subject to hydrolysis) is 1. The van der Waals surface area contributed by atoms with E-state index in [2.05, 4.69) is 5.32 Å². The molecule has 1 rings (SSSR count). The number of ether oxygens (including phenoxy) is 1. The number of carbonyl (C=O) groups is 1. The molecule has 0 heterocycles. The number of hydrogen-bond donors (Lipinski definition) is 2. The maximum absolute atomic E-state index is 11.4. The van der Waals surface area contributed by atoms with Crippen molar-refractivity contribution in [1.29, 1.82) is 0 Å². The van der Waals surface area contributed by atoms with Crippen molar-refractivity contribution in [3.05, 3.63) is 0 Å². The normalized spacial score (nSPS) is 21.2. The van der Waals surface area contributed by atoms with Gasteiger partial charge in [0.05, 0.1) is 0 Å². The summed E-state index contributed by atoms with van der Waals surface area (Å²) in [5, 5.41) is 2.75. The van der Waals surface area contributed by atoms with E-state index in [0.29, 0.717) is 0 Å². The summed E-state index contributed by atoms with van der Waals surface area (Å²) in [4.78, 5) is 11.4. The van der Waals surface area contributed by atoms with Crippen LogP contribution in [0.15, 0.2) is 0 Å². The Kier molecular flexibility index (Phi) is 2.76. The van der Waals surface area contributed by atoms with Crippen molar-refractivity contribution in [1.82, 2.24) is 5.32 Å². The van der Waals surface area contributed by atoms with Crippen LogP contribution in [0.1, 0.15) is 40.5 Å². The molecule has 0 aromatic carbocycles. The van der Waals surface area contributed by atoms with Gasteiger partial charge in [0, 0.05) is 11.6 Å². The minimum Gasteiger partial charge on any atom is -0.444 e. The third-order valence-electron chi connectivity index (χ3n) is 2.42. The average molecular weight is 200 g/mol. The highest BCUT2D eigenvalue weighted by atomic mass is 16.6. The maximum atomic E-state index is 11.4. The first-order valence-corrected chi connectivity index (χ1v) is 5.01. The van der Waals surface area contributed by atoms with Crippen molar-refractivity contribution in [3.63, 3.8) is 0 Å². The summed E-state index contributed by atoms with van der Waals surface area (Å²) in [7, 11) is 0. The molecule has 0 bridgehead atoms. The van der Waals surface area contributed by atoms with Crippen LogP contribution in [0.4, 0.5) is 4.79 Å². The summed E-state index contributed by atoms with van der Waals surface area (Å²) in [5.74, 6) is 0. The zero-order valence-electron chi connectivity index (χ0n) is 9.39. The Bertz CT molecular complexity index is 229. The molecular formula is C10H20N2O2. The summed E-state index contributed by atoms with van der Waals surface area (Å²) in [6.45, 7) is 7.43. The lowest BCUT2D eigenvalue weighted by molar-refractivity contribution is 0.0498. The first-order valence-electron chi connectivity index (χ1n) is 5.01. The molecule has 1 aliphatic carbocycles. The molecule has 1 fully saturated rings. The van der Waals surface area contributed by atoms with Gasteiger partial charge in [-0.3, -0.25) is 0 Å². The predicted octanol–water partition coefficient (Wildman–Crippen LogP) is 1.39. The Labute approximate surface area is 85.2 Å². The second kappa shape index (κ2) is 3.42. The Morgan fingerprint density at radius 1 is 1.50 bits per heavy atom. The molecule has 14 heavy (non-hydrogen) atoms. The molecule has 0 aliphatic heterocycles. The fourth-order valence-corrected chi connectivity index (χ4v) is 1.21. The third-order valence-corrected chi connectivity index (χ3v) is 2.42. The third kappa shape index (κ3) is 3.18. The van der Waals surface area contributed by atoms with Gasteiger partial charge in [0.15, 0.2) is 0 Å². The van der Waals surface area contributed by atoms with E-state index in [-0.39, 0.29) is 17.7 Å². The van der Waals surface area contributed by atoms with E-state index in [0.717, 1.165) is 12.8 Å². The summed E-state index contributed by atoms with van der Waals surface area (Å²) < 4.78 is 5.13. The van der Waals surface area contributed by atoms with Gasteiger partial charge in [-0.15, -0.1) is 0 Å². The molecule has 0 spiro atoms. The highest BCUT2D eigenvalue weighted by Gasteiger charge is 2.44. The van der Waals surface area contributed by atoms with Crippen LogP contribution in [0.2, 0.25) is 0 Å². The van der Waals surface area contributed by atoms with Crippen LogP contribution in [0.25, 0.3) is 0 Å². The van der Waals surface area contributed by atoms with Gasteiger partial charge in [-0.25, -0.2) is 4.79 Å². The number of carbonyl (C=O) groups excluding carboxylic acids is 1. The van der Waals surface area contributed by atoms with Crippen LogP contribution in [0.5, 0.6) is 0 Å². The van der Waals surface area contributed by atoms with Crippen molar-refractivity contribution < 1.29 is 9.53 Å². The predicted molar refractivity (Wildman–Crippen MR) is 55.0 cm³/mol. The van der Waals surface area contributed by atoms with Gasteiger partial charge < -0.3 is 15.8 Å². The number of amides is 1. The van der Waals surface area contributed by atoms with Gasteiger partial charge in [0.1, 0.15) is 5.60 Å². The summed E-state index contributed by atoms with van der Waals surface area (Å²) >= 11 is 0. The van der Waals surface area contributed by atoms with Crippen molar-refractivity contribution >= 4 is 6.09 Å². The van der Waals surface area contributed by atoms with E-state index in [1.165, 1.54) is 0 Å². The van der Waals surface area contributed by atoms with Gasteiger partial charge in [-0.05, 0) is 40.5 Å². The van der Waals surface area contributed by atoms with Gasteiger partial charge in [-0.1, -0.05) is 0 Å². The standard InChI is InChI=1S/C10H20N2O2/c1-7(10(11)5-6-10)12-8(13)14-9(2,3)4/h7H,5-6,11H2,1-4H3,(H,12,13)/t7-/m0/s1. The van der Waals surface area contributed by atoms with Gasteiger partial charge in [0.2, 0.25) is 0 Å². The Morgan fingerprint density at radius 3 is 2.36 bits per heavy atom. The maximum Gasteiger partial charge on any atom is 0.407 e. The lowest BCUT2D eigenvalue weighted by Crippen LogP contribution is -2.48. The number of rotatable bonds is 2. The summed E-state index contributed by atoms with van der Waals surface area (Å²) in [5.41, 5.74) is 5.29. The average Bonchev–Trinajstić information content (AvgIpc) is 2.64. The first-order chi connectivity index (χ1) is 6.23. The van der Waals surface area contributed by atoms with Crippen LogP contribution in [-0.4, -0.2) is 23.3 Å². The zero-order valence-corrected chi connectivity index (χ0v) is 9.39. The monoisotopic (exact) mass is 200 g/mol. The molecule has 1 amide bonds. The molecule has 0 unspecified atom stereocenters. The lowest BCUT2D eigenvalue weighted by atomic mass is 10.1. The summed E-state index contributed by atoms with van der Waals surface area (Å²) in [6, 6.07) is -0.0163. The van der Waals surface area contributed by atoms with Crippen LogP contribution >= 0.6 is 0 Å². The second-order valence-corrected chi connectivity index (χ2v) is 5.10. The SMILES string of the molecule is C[C@H](NC(=O)OC(C)(C)C)C1(N)CC1. The van der Waals surface area contributed by atoms with Crippen LogP contribution < -0.4 is 11.1 Å². The fraction of sp³-hybridized carbons (Fsp3) is 0.900. The number of hydrogen-bond acceptors (Lipinski definition) is 3. The lowest BCUT2D eigenvalue weighted by Gasteiger charge is -2.24. The fourth-order valence-electron chi connectivity index (χ4n) is 1.21. The van der Waals surface area contributed by atoms with Crippen LogP contribution in [-0.2, 0) is 4.74 Å². The zero-order chi connectivity index (χ0) is 11.0. The molecule has 1 aliphatic rings. The number of nitrogens with two attached hydrogens (primary N) is 1. The van der Waals surface area contributed by atoms with E-state index < -0.39 is 5.60 Å². The van der Waals surface area contributed by atoms with Gasteiger partial charge >= 0.3 is 6.09 Å². The smallest absolute Gasteiger partial charge is 0.407 e. The summed E-state index contributed by atoms with van der Waals surface area (Å²) in [6.07, 6.45) is 1.57. The van der Waals surface area contributed by atoms with Crippen molar-refractivity contribution in [2.24, 2.45) is 5.73 Å². The van der Waals surface area contributed by atoms with E-state index in [4.69, 9.17) is 10.5 Å². The molecule has 0 aromatic rings. The van der Waals surface area contributed by atoms with Crippen LogP contribution in [0, 0.1) is 0 Å². The van der Waals surface area contributed by atoms with Crippen molar-refractivity contribution in [2.75, 3.05) is 0 Å². The molecule has 82 valence electrons. The minimum absolute atomic E-state index is 0.0163. The van der Waals surface area contributed by atoms with Crippen LogP contribution in [0.3, 0.4) is 0 Å². The van der Waals surface area contributed by atoms with E-state index >= 15 is 0 Å². The molecule has 3 N–H and O–H groups in total. The Hall–Kier alpha value is -0.770. The molecule has 4 heteroatoms. The Balaban J connectivity index is 2.34. The first kappa shape index (κ1) is 11.3. The molecule has 0 saturated heterocycles. The van der Waals surface area contributed by atoms with E-state index in [1.807, 2.05) is 27.7 Å². The van der Waals surface area contributed by atoms with E-state index in [9.17, 15) is 4.79 Å². The highest BCUT2D eigenvalue weighted by Crippen LogP contribution is 2.35. The Morgan fingerprint density at radius 2 is 2.00 bits per heavy atom. The molecule has 1 atom stereocenters. The topological polar surface area (TPSA) is 64.3 Å². The molecule has 0 radical (unpaired) electrons. The van der Waals surface area contributed by atoms with Crippen molar-refractivity contribution in [3.8, 4) is 0 Å². The van der Waals surface area contributed by atoms with Gasteiger partial charge in [-0.2, -0.15) is 0 Å². The second-order valence-electron chi connectivity index (χ2n) is 5.10. The quantitative estimate of drug-likeness (QED) is 0.708. The van der Waals surface area contributed by atoms with Gasteiger partial charge in [0.25, 0.3) is 0 Å². The van der Waals surface area contributed by atoms with Crippen molar-refractivity contribution in [2.45, 2.75) is 57.7 Å². The molecule has 0 aromatic heterocycles. The molecule has 4 nitrogen and oxygen atoms in total.